The van der Waals surface area contributed by atoms with E-state index in [-0.39, 0.29) is 22.8 Å². The summed E-state index contributed by atoms with van der Waals surface area (Å²) in [7, 11) is 0. The predicted octanol–water partition coefficient (Wildman–Crippen LogP) is 3.83. The summed E-state index contributed by atoms with van der Waals surface area (Å²) in [5, 5.41) is 29.0. The Labute approximate surface area is 176 Å². The zero-order chi connectivity index (χ0) is 22.0. The number of benzene rings is 3. The number of phenolic OH excluding ortho intramolecular Hbond substituents is 1. The first-order chi connectivity index (χ1) is 15.0. The van der Waals surface area contributed by atoms with Crippen LogP contribution in [0.4, 0.5) is 0 Å². The van der Waals surface area contributed by atoms with E-state index in [0.717, 1.165) is 5.56 Å². The zero-order valence-corrected chi connectivity index (χ0v) is 16.1. The minimum atomic E-state index is -1.18. The van der Waals surface area contributed by atoms with Gasteiger partial charge in [-0.2, -0.15) is 5.26 Å². The second-order valence-electron chi connectivity index (χ2n) is 6.70. The minimum absolute atomic E-state index is 0.0163. The summed E-state index contributed by atoms with van der Waals surface area (Å²) in [6.07, 6.45) is 3.31. The summed E-state index contributed by atoms with van der Waals surface area (Å²) in [4.78, 5) is 29.2. The number of nitriles is 1. The first-order valence-electron chi connectivity index (χ1n) is 9.24. The summed E-state index contributed by atoms with van der Waals surface area (Å²) < 4.78 is 1.18. The number of aromatic carboxylic acids is 1. The standard InChI is InChI=1S/C24H15N3O4/c25-14-16-7-5-15(6-8-16)9-12-22-26-19-4-2-1-3-18(19)23(29)27(22)20-13-17(24(30)31)10-11-21(20)28/h1-13,28H,(H,30,31)/b12-9+. The molecular weight excluding hydrogens is 394 g/mol. The summed E-state index contributed by atoms with van der Waals surface area (Å²) in [6.45, 7) is 0. The third-order valence-corrected chi connectivity index (χ3v) is 4.73. The van der Waals surface area contributed by atoms with Gasteiger partial charge in [0, 0.05) is 0 Å². The van der Waals surface area contributed by atoms with Crippen LogP contribution in [0.1, 0.15) is 27.3 Å². The van der Waals surface area contributed by atoms with Crippen LogP contribution in [0.3, 0.4) is 0 Å². The number of fused-ring (bicyclic) bond motifs is 1. The number of para-hydroxylation sites is 1. The molecule has 0 aliphatic heterocycles. The molecule has 150 valence electrons. The van der Waals surface area contributed by atoms with E-state index in [9.17, 15) is 19.8 Å². The van der Waals surface area contributed by atoms with Gasteiger partial charge in [0.2, 0.25) is 0 Å². The normalized spacial score (nSPS) is 10.9. The Kier molecular flexibility index (Phi) is 5.04. The van der Waals surface area contributed by atoms with Crippen LogP contribution in [-0.2, 0) is 0 Å². The zero-order valence-electron chi connectivity index (χ0n) is 16.1. The van der Waals surface area contributed by atoms with Crippen LogP contribution in [0.15, 0.2) is 71.5 Å². The maximum atomic E-state index is 13.3. The van der Waals surface area contributed by atoms with Crippen LogP contribution in [0, 0.1) is 11.3 Å². The fraction of sp³-hybridized carbons (Fsp3) is 0. The second kappa shape index (κ2) is 7.97. The van der Waals surface area contributed by atoms with E-state index in [2.05, 4.69) is 4.98 Å². The molecule has 0 amide bonds. The van der Waals surface area contributed by atoms with Crippen molar-refractivity contribution < 1.29 is 15.0 Å². The number of carbonyl (C=O) groups is 1. The average molecular weight is 409 g/mol. The van der Waals surface area contributed by atoms with Gasteiger partial charge in [-0.25, -0.2) is 9.78 Å². The highest BCUT2D eigenvalue weighted by Crippen LogP contribution is 2.24. The molecule has 0 bridgehead atoms. The van der Waals surface area contributed by atoms with E-state index >= 15 is 0 Å². The van der Waals surface area contributed by atoms with Crippen LogP contribution in [0.2, 0.25) is 0 Å². The largest absolute Gasteiger partial charge is 0.506 e. The molecule has 7 nitrogen and oxygen atoms in total. The van der Waals surface area contributed by atoms with Gasteiger partial charge in [0.05, 0.1) is 33.8 Å². The van der Waals surface area contributed by atoms with Crippen molar-refractivity contribution in [2.45, 2.75) is 0 Å². The summed E-state index contributed by atoms with van der Waals surface area (Å²) in [5.74, 6) is -1.22. The van der Waals surface area contributed by atoms with E-state index in [1.165, 1.54) is 22.8 Å². The van der Waals surface area contributed by atoms with Crippen LogP contribution >= 0.6 is 0 Å². The van der Waals surface area contributed by atoms with Crippen molar-refractivity contribution >= 4 is 29.0 Å². The molecule has 0 aliphatic carbocycles. The highest BCUT2D eigenvalue weighted by Gasteiger charge is 2.16. The molecule has 31 heavy (non-hydrogen) atoms. The van der Waals surface area contributed by atoms with Gasteiger partial charge in [0.25, 0.3) is 5.56 Å². The summed E-state index contributed by atoms with van der Waals surface area (Å²) in [6, 6.07) is 19.4. The first kappa shape index (κ1) is 19.6. The van der Waals surface area contributed by atoms with E-state index in [1.54, 1.807) is 60.7 Å². The van der Waals surface area contributed by atoms with Gasteiger partial charge in [-0.3, -0.25) is 9.36 Å². The maximum absolute atomic E-state index is 13.3. The molecule has 0 aliphatic rings. The first-order valence-corrected chi connectivity index (χ1v) is 9.24. The molecule has 4 rings (SSSR count). The van der Waals surface area contributed by atoms with Crippen molar-refractivity contribution in [3.8, 4) is 17.5 Å². The SMILES string of the molecule is N#Cc1ccc(/C=C/c2nc3ccccc3c(=O)n2-c2cc(C(=O)O)ccc2O)cc1. The molecule has 0 atom stereocenters. The molecule has 2 N–H and O–H groups in total. The molecule has 0 unspecified atom stereocenters. The molecule has 4 aromatic rings. The van der Waals surface area contributed by atoms with Gasteiger partial charge >= 0.3 is 5.97 Å². The molecule has 0 fully saturated rings. The van der Waals surface area contributed by atoms with E-state index in [4.69, 9.17) is 5.26 Å². The van der Waals surface area contributed by atoms with E-state index in [0.29, 0.717) is 16.5 Å². The number of phenols is 1. The maximum Gasteiger partial charge on any atom is 0.335 e. The van der Waals surface area contributed by atoms with Crippen molar-refractivity contribution in [2.24, 2.45) is 0 Å². The fourth-order valence-corrected chi connectivity index (χ4v) is 3.17. The van der Waals surface area contributed by atoms with Crippen LogP contribution < -0.4 is 5.56 Å². The highest BCUT2D eigenvalue weighted by molar-refractivity contribution is 5.89. The highest BCUT2D eigenvalue weighted by atomic mass is 16.4. The van der Waals surface area contributed by atoms with E-state index < -0.39 is 11.5 Å². The Morgan fingerprint density at radius 3 is 2.48 bits per heavy atom. The Morgan fingerprint density at radius 1 is 1.03 bits per heavy atom. The Balaban J connectivity index is 1.95. The fourth-order valence-electron chi connectivity index (χ4n) is 3.17. The molecule has 3 aromatic carbocycles. The number of carboxylic acids is 1. The van der Waals surface area contributed by atoms with Crippen molar-refractivity contribution in [2.75, 3.05) is 0 Å². The number of nitrogens with zero attached hydrogens (tertiary/aromatic N) is 3. The van der Waals surface area contributed by atoms with Crippen LogP contribution in [0.25, 0.3) is 28.7 Å². The van der Waals surface area contributed by atoms with E-state index in [1.807, 2.05) is 6.07 Å². The second-order valence-corrected chi connectivity index (χ2v) is 6.70. The summed E-state index contributed by atoms with van der Waals surface area (Å²) in [5.41, 5.74) is 1.27. The number of hydrogen-bond donors (Lipinski definition) is 2. The van der Waals surface area contributed by atoms with Gasteiger partial charge in [-0.1, -0.05) is 30.3 Å². The minimum Gasteiger partial charge on any atom is -0.506 e. The number of aromatic nitrogens is 2. The van der Waals surface area contributed by atoms with Gasteiger partial charge < -0.3 is 10.2 Å². The Bertz CT molecular complexity index is 1440. The summed E-state index contributed by atoms with van der Waals surface area (Å²) >= 11 is 0. The molecule has 1 heterocycles. The Hall–Kier alpha value is -4.70. The van der Waals surface area contributed by atoms with Crippen LogP contribution in [0.5, 0.6) is 5.75 Å². The number of rotatable bonds is 4. The quantitative estimate of drug-likeness (QED) is 0.529. The molecule has 0 saturated carbocycles. The number of hydrogen-bond acceptors (Lipinski definition) is 5. The lowest BCUT2D eigenvalue weighted by Gasteiger charge is -2.13. The van der Waals surface area contributed by atoms with Crippen molar-refractivity contribution in [3.63, 3.8) is 0 Å². The lowest BCUT2D eigenvalue weighted by Crippen LogP contribution is -2.22. The molecule has 0 spiro atoms. The van der Waals surface area contributed by atoms with Gasteiger partial charge in [-0.15, -0.1) is 0 Å². The van der Waals surface area contributed by atoms with Crippen molar-refractivity contribution in [1.82, 2.24) is 9.55 Å². The smallest absolute Gasteiger partial charge is 0.335 e. The molecule has 1 aromatic heterocycles. The van der Waals surface area contributed by atoms with Gasteiger partial charge in [0.15, 0.2) is 0 Å². The lowest BCUT2D eigenvalue weighted by molar-refractivity contribution is 0.0697. The molecule has 7 heteroatoms. The third kappa shape index (κ3) is 3.78. The Morgan fingerprint density at radius 2 is 1.77 bits per heavy atom. The van der Waals surface area contributed by atoms with Crippen LogP contribution in [-0.4, -0.2) is 25.7 Å². The number of aromatic hydroxyl groups is 1. The molecular formula is C24H15N3O4. The van der Waals surface area contributed by atoms with Crippen molar-refractivity contribution in [3.05, 3.63) is 99.6 Å². The predicted molar refractivity (Wildman–Crippen MR) is 116 cm³/mol. The lowest BCUT2D eigenvalue weighted by atomic mass is 10.1. The van der Waals surface area contributed by atoms with Crippen molar-refractivity contribution in [1.29, 1.82) is 5.26 Å². The molecule has 0 radical (unpaired) electrons. The third-order valence-electron chi connectivity index (χ3n) is 4.73. The number of carboxylic acid groups (broad SMARTS) is 1. The monoisotopic (exact) mass is 409 g/mol. The molecule has 0 saturated heterocycles. The van der Waals surface area contributed by atoms with Gasteiger partial charge in [-0.05, 0) is 54.1 Å². The average Bonchev–Trinajstić information content (AvgIpc) is 2.79. The topological polar surface area (TPSA) is 116 Å². The van der Waals surface area contributed by atoms with Gasteiger partial charge in [0.1, 0.15) is 11.6 Å².